The number of ether oxygens (including phenoxy) is 1. The maximum absolute atomic E-state index is 14.3. The van der Waals surface area contributed by atoms with Gasteiger partial charge in [0.05, 0.1) is 0 Å². The first-order valence-corrected chi connectivity index (χ1v) is 7.84. The van der Waals surface area contributed by atoms with Crippen LogP contribution in [0.1, 0.15) is 24.4 Å². The molecule has 8 heteroatoms. The minimum Gasteiger partial charge on any atom is -0.381 e. The first kappa shape index (κ1) is 21.5. The molecule has 0 spiro atoms. The number of hydrogen-bond acceptors (Lipinski definition) is 3. The van der Waals surface area contributed by atoms with E-state index in [-0.39, 0.29) is 42.3 Å². The number of benzene rings is 1. The van der Waals surface area contributed by atoms with Crippen LogP contribution >= 0.6 is 24.8 Å². The van der Waals surface area contributed by atoms with E-state index in [0.717, 1.165) is 45.1 Å². The summed E-state index contributed by atoms with van der Waals surface area (Å²) in [5, 5.41) is 3.25. The Morgan fingerprint density at radius 3 is 2.29 bits per heavy atom. The second kappa shape index (κ2) is 9.82. The van der Waals surface area contributed by atoms with Crippen LogP contribution in [-0.4, -0.2) is 44.3 Å². The second-order valence-electron chi connectivity index (χ2n) is 5.97. The highest BCUT2D eigenvalue weighted by atomic mass is 35.5. The van der Waals surface area contributed by atoms with E-state index in [9.17, 15) is 13.2 Å². The zero-order chi connectivity index (χ0) is 15.5. The number of hydrogen-bond donors (Lipinski definition) is 1. The monoisotopic (exact) mass is 386 g/mol. The Bertz CT molecular complexity index is 506. The Morgan fingerprint density at radius 1 is 1.04 bits per heavy atom. The van der Waals surface area contributed by atoms with Crippen LogP contribution in [0, 0.1) is 23.4 Å². The van der Waals surface area contributed by atoms with Gasteiger partial charge in [-0.1, -0.05) is 0 Å². The van der Waals surface area contributed by atoms with E-state index in [0.29, 0.717) is 19.3 Å². The van der Waals surface area contributed by atoms with Gasteiger partial charge in [-0.3, -0.25) is 4.90 Å². The van der Waals surface area contributed by atoms with Crippen molar-refractivity contribution in [1.29, 1.82) is 0 Å². The Morgan fingerprint density at radius 2 is 1.67 bits per heavy atom. The Balaban J connectivity index is 0.00000144. The van der Waals surface area contributed by atoms with Gasteiger partial charge in [-0.05, 0) is 24.8 Å². The standard InChI is InChI=1S/C16H21F3N2O.2ClH/c17-12-9-13(15(19)14(18)10-12)16(11-1-7-22-8-2-11)21-5-3-20-4-6-21;;/h9-11,16,20H,1-8H2;2*1H/t16-;;/m1../s1. The van der Waals surface area contributed by atoms with Crippen LogP contribution in [0.3, 0.4) is 0 Å². The number of nitrogens with one attached hydrogen (secondary N) is 1. The summed E-state index contributed by atoms with van der Waals surface area (Å²) >= 11 is 0. The predicted molar refractivity (Wildman–Crippen MR) is 91.5 cm³/mol. The molecule has 2 saturated heterocycles. The molecule has 0 unspecified atom stereocenters. The van der Waals surface area contributed by atoms with Crippen LogP contribution in [0.25, 0.3) is 0 Å². The number of piperazine rings is 1. The lowest BCUT2D eigenvalue weighted by atomic mass is 9.85. The molecule has 1 N–H and O–H groups in total. The molecule has 3 rings (SSSR count). The highest BCUT2D eigenvalue weighted by molar-refractivity contribution is 5.85. The van der Waals surface area contributed by atoms with Crippen molar-refractivity contribution < 1.29 is 17.9 Å². The van der Waals surface area contributed by atoms with E-state index in [1.54, 1.807) is 0 Å². The minimum atomic E-state index is -1.11. The highest BCUT2D eigenvalue weighted by Crippen LogP contribution is 2.37. The number of halogens is 5. The molecule has 3 nitrogen and oxygen atoms in total. The van der Waals surface area contributed by atoms with Crippen molar-refractivity contribution in [2.75, 3.05) is 39.4 Å². The largest absolute Gasteiger partial charge is 0.381 e. The normalized spacial score (nSPS) is 20.8. The van der Waals surface area contributed by atoms with Crippen LogP contribution in [0.4, 0.5) is 13.2 Å². The summed E-state index contributed by atoms with van der Waals surface area (Å²) in [5.74, 6) is -2.60. The van der Waals surface area contributed by atoms with Crippen LogP contribution in [0.15, 0.2) is 12.1 Å². The van der Waals surface area contributed by atoms with E-state index >= 15 is 0 Å². The molecule has 1 aromatic rings. The van der Waals surface area contributed by atoms with Crippen molar-refractivity contribution in [3.8, 4) is 0 Å². The maximum atomic E-state index is 14.3. The molecule has 2 aliphatic rings. The van der Waals surface area contributed by atoms with Gasteiger partial charge >= 0.3 is 0 Å². The third kappa shape index (κ3) is 4.76. The summed E-state index contributed by atoms with van der Waals surface area (Å²) in [7, 11) is 0. The fourth-order valence-corrected chi connectivity index (χ4v) is 3.53. The van der Waals surface area contributed by atoms with Gasteiger partial charge in [0.2, 0.25) is 0 Å². The van der Waals surface area contributed by atoms with Crippen molar-refractivity contribution in [1.82, 2.24) is 10.2 Å². The fourth-order valence-electron chi connectivity index (χ4n) is 3.53. The van der Waals surface area contributed by atoms with Crippen molar-refractivity contribution >= 4 is 24.8 Å². The van der Waals surface area contributed by atoms with E-state index in [1.165, 1.54) is 0 Å². The molecule has 138 valence electrons. The van der Waals surface area contributed by atoms with Gasteiger partial charge in [0.25, 0.3) is 0 Å². The first-order chi connectivity index (χ1) is 10.7. The molecule has 2 aliphatic heterocycles. The molecular weight excluding hydrogens is 364 g/mol. The van der Waals surface area contributed by atoms with Gasteiger partial charge in [0, 0.05) is 57.1 Å². The van der Waals surface area contributed by atoms with Crippen molar-refractivity contribution in [3.05, 3.63) is 35.1 Å². The number of rotatable bonds is 3. The van der Waals surface area contributed by atoms with Gasteiger partial charge in [0.1, 0.15) is 5.82 Å². The summed E-state index contributed by atoms with van der Waals surface area (Å²) in [5.41, 5.74) is 0.145. The maximum Gasteiger partial charge on any atom is 0.163 e. The topological polar surface area (TPSA) is 24.5 Å². The molecule has 1 aromatic carbocycles. The molecule has 1 atom stereocenters. The average Bonchev–Trinajstić information content (AvgIpc) is 2.54. The fraction of sp³-hybridized carbons (Fsp3) is 0.625. The molecule has 2 fully saturated rings. The zero-order valence-corrected chi connectivity index (χ0v) is 14.9. The van der Waals surface area contributed by atoms with Crippen LogP contribution in [-0.2, 0) is 4.74 Å². The molecule has 0 aromatic heterocycles. The van der Waals surface area contributed by atoms with Crippen LogP contribution < -0.4 is 5.32 Å². The third-order valence-corrected chi connectivity index (χ3v) is 4.60. The third-order valence-electron chi connectivity index (χ3n) is 4.60. The average molecular weight is 387 g/mol. The Labute approximate surface area is 152 Å². The molecule has 0 amide bonds. The lowest BCUT2D eigenvalue weighted by Gasteiger charge is -2.41. The lowest BCUT2D eigenvalue weighted by molar-refractivity contribution is 0.0200. The predicted octanol–water partition coefficient (Wildman–Crippen LogP) is 3.32. The first-order valence-electron chi connectivity index (χ1n) is 7.84. The SMILES string of the molecule is Cl.Cl.Fc1cc(F)c(F)c([C@@H](C2CCOCC2)N2CCNCC2)c1. The Kier molecular flexibility index (Phi) is 8.81. The van der Waals surface area contributed by atoms with Gasteiger partial charge in [-0.2, -0.15) is 0 Å². The molecule has 0 bridgehead atoms. The molecule has 0 aliphatic carbocycles. The molecule has 0 radical (unpaired) electrons. The molecule has 24 heavy (non-hydrogen) atoms. The summed E-state index contributed by atoms with van der Waals surface area (Å²) < 4.78 is 47.0. The summed E-state index contributed by atoms with van der Waals surface area (Å²) in [4.78, 5) is 2.14. The van der Waals surface area contributed by atoms with Crippen LogP contribution in [0.2, 0.25) is 0 Å². The van der Waals surface area contributed by atoms with Crippen molar-refractivity contribution in [2.45, 2.75) is 18.9 Å². The molecule has 0 saturated carbocycles. The lowest BCUT2D eigenvalue weighted by Crippen LogP contribution is -2.47. The zero-order valence-electron chi connectivity index (χ0n) is 13.3. The van der Waals surface area contributed by atoms with Crippen molar-refractivity contribution in [2.24, 2.45) is 5.92 Å². The van der Waals surface area contributed by atoms with Gasteiger partial charge in [-0.25, -0.2) is 13.2 Å². The van der Waals surface area contributed by atoms with Gasteiger partial charge in [0.15, 0.2) is 11.6 Å². The molecule has 2 heterocycles. The van der Waals surface area contributed by atoms with E-state index in [2.05, 4.69) is 10.2 Å². The minimum absolute atomic E-state index is 0. The highest BCUT2D eigenvalue weighted by Gasteiger charge is 2.34. The van der Waals surface area contributed by atoms with E-state index in [1.807, 2.05) is 0 Å². The second-order valence-corrected chi connectivity index (χ2v) is 5.97. The smallest absolute Gasteiger partial charge is 0.163 e. The van der Waals surface area contributed by atoms with Crippen LogP contribution in [0.5, 0.6) is 0 Å². The van der Waals surface area contributed by atoms with E-state index < -0.39 is 17.5 Å². The summed E-state index contributed by atoms with van der Waals surface area (Å²) in [6.07, 6.45) is 1.57. The Hall–Kier alpha value is -0.530. The molecular formula is C16H23Cl2F3N2O. The van der Waals surface area contributed by atoms with Crippen molar-refractivity contribution in [3.63, 3.8) is 0 Å². The van der Waals surface area contributed by atoms with E-state index in [4.69, 9.17) is 4.74 Å². The van der Waals surface area contributed by atoms with Gasteiger partial charge < -0.3 is 10.1 Å². The van der Waals surface area contributed by atoms with Gasteiger partial charge in [-0.15, -0.1) is 24.8 Å². The summed E-state index contributed by atoms with van der Waals surface area (Å²) in [6, 6.07) is 1.47. The summed E-state index contributed by atoms with van der Waals surface area (Å²) in [6.45, 7) is 4.34. The number of nitrogens with zero attached hydrogens (tertiary/aromatic N) is 1. The quantitative estimate of drug-likeness (QED) is 0.806.